The Kier molecular flexibility index (Phi) is 5.26. The highest BCUT2D eigenvalue weighted by atomic mass is 16.2. The van der Waals surface area contributed by atoms with E-state index in [-0.39, 0.29) is 29.3 Å². The number of rotatable bonds is 4. The zero-order chi connectivity index (χ0) is 19.7. The predicted molar refractivity (Wildman–Crippen MR) is 113 cm³/mol. The number of likely N-dealkylation sites (tertiary alicyclic amines) is 1. The zero-order valence-electron chi connectivity index (χ0n) is 16.9. The Balaban J connectivity index is 1.65. The fraction of sp³-hybridized carbons (Fsp3) is 0.458. The molecule has 0 bridgehead atoms. The molecule has 1 spiro atoms. The van der Waals surface area contributed by atoms with Gasteiger partial charge in [0.25, 0.3) is 0 Å². The summed E-state index contributed by atoms with van der Waals surface area (Å²) in [7, 11) is 0. The zero-order valence-corrected chi connectivity index (χ0v) is 16.9. The number of nitrogens with one attached hydrogen (secondary N) is 1. The van der Waals surface area contributed by atoms with Crippen LogP contribution >= 0.6 is 0 Å². The molecule has 1 fully saturated rings. The molecule has 2 aromatic rings. The smallest absolute Gasteiger partial charge is 0.225 e. The van der Waals surface area contributed by atoms with Gasteiger partial charge in [-0.05, 0) is 43.4 Å². The number of carbonyl (C=O) groups excluding carboxylic acids is 1. The fourth-order valence-corrected chi connectivity index (χ4v) is 5.19. The van der Waals surface area contributed by atoms with Gasteiger partial charge < -0.3 is 11.1 Å². The second kappa shape index (κ2) is 7.69. The summed E-state index contributed by atoms with van der Waals surface area (Å²) in [6.07, 6.45) is 1.96. The lowest BCUT2D eigenvalue weighted by atomic mass is 9.62. The van der Waals surface area contributed by atoms with Crippen molar-refractivity contribution < 1.29 is 4.79 Å². The Morgan fingerprint density at radius 2 is 1.89 bits per heavy atom. The number of nitrogens with zero attached hydrogens (tertiary/aromatic N) is 1. The lowest BCUT2D eigenvalue weighted by Crippen LogP contribution is -2.50. The molecule has 0 saturated carbocycles. The van der Waals surface area contributed by atoms with Crippen LogP contribution in [0.4, 0.5) is 0 Å². The second-order valence-electron chi connectivity index (χ2n) is 8.78. The van der Waals surface area contributed by atoms with Crippen LogP contribution in [0.3, 0.4) is 0 Å². The summed E-state index contributed by atoms with van der Waals surface area (Å²) in [6.45, 7) is 6.55. The van der Waals surface area contributed by atoms with Gasteiger partial charge in [-0.15, -0.1) is 0 Å². The Labute approximate surface area is 168 Å². The van der Waals surface area contributed by atoms with Crippen molar-refractivity contribution in [2.24, 2.45) is 17.1 Å². The first-order valence-electron chi connectivity index (χ1n) is 10.4. The van der Waals surface area contributed by atoms with Gasteiger partial charge in [0, 0.05) is 37.1 Å². The van der Waals surface area contributed by atoms with Crippen molar-refractivity contribution in [2.75, 3.05) is 13.1 Å². The minimum atomic E-state index is -0.206. The number of nitrogens with two attached hydrogens (primary N) is 1. The highest BCUT2D eigenvalue weighted by molar-refractivity contribution is 5.81. The lowest BCUT2D eigenvalue weighted by Gasteiger charge is -2.44. The minimum Gasteiger partial charge on any atom is -0.354 e. The first-order chi connectivity index (χ1) is 13.5. The van der Waals surface area contributed by atoms with Gasteiger partial charge in [0.1, 0.15) is 0 Å². The minimum absolute atomic E-state index is 0.0815. The molecule has 0 radical (unpaired) electrons. The SMILES string of the molecule is CC(C)NC(=O)[C@@H]1CN(Cc2ccccc2)C[C@]12CCc1ccccc1C2N. The predicted octanol–water partition coefficient (Wildman–Crippen LogP) is 3.28. The van der Waals surface area contributed by atoms with Crippen LogP contribution in [-0.4, -0.2) is 29.9 Å². The topological polar surface area (TPSA) is 58.4 Å². The summed E-state index contributed by atoms with van der Waals surface area (Å²) in [5.74, 6) is 0.0716. The van der Waals surface area contributed by atoms with Gasteiger partial charge in [0.05, 0.1) is 5.92 Å². The quantitative estimate of drug-likeness (QED) is 0.860. The number of hydrogen-bond donors (Lipinski definition) is 2. The third kappa shape index (κ3) is 3.47. The fourth-order valence-electron chi connectivity index (χ4n) is 5.19. The van der Waals surface area contributed by atoms with Gasteiger partial charge in [-0.2, -0.15) is 0 Å². The van der Waals surface area contributed by atoms with E-state index in [4.69, 9.17) is 5.73 Å². The van der Waals surface area contributed by atoms with E-state index in [9.17, 15) is 4.79 Å². The molecular weight excluding hydrogens is 346 g/mol. The lowest BCUT2D eigenvalue weighted by molar-refractivity contribution is -0.129. The monoisotopic (exact) mass is 377 g/mol. The molecule has 1 aliphatic heterocycles. The summed E-state index contributed by atoms with van der Waals surface area (Å²) in [5.41, 5.74) is 10.5. The number of fused-ring (bicyclic) bond motifs is 1. The average Bonchev–Trinajstić information content (AvgIpc) is 3.05. The highest BCUT2D eigenvalue weighted by Crippen LogP contribution is 2.52. The maximum Gasteiger partial charge on any atom is 0.225 e. The van der Waals surface area contributed by atoms with E-state index < -0.39 is 0 Å². The van der Waals surface area contributed by atoms with Crippen LogP contribution in [0.2, 0.25) is 0 Å². The van der Waals surface area contributed by atoms with E-state index in [2.05, 4.69) is 58.7 Å². The molecule has 1 saturated heterocycles. The molecule has 4 rings (SSSR count). The maximum absolute atomic E-state index is 13.2. The molecule has 3 N–H and O–H groups in total. The van der Waals surface area contributed by atoms with Crippen LogP contribution in [0.15, 0.2) is 54.6 Å². The van der Waals surface area contributed by atoms with Crippen molar-refractivity contribution in [3.8, 4) is 0 Å². The van der Waals surface area contributed by atoms with Gasteiger partial charge in [0.2, 0.25) is 5.91 Å². The molecule has 148 valence electrons. The molecule has 4 nitrogen and oxygen atoms in total. The number of carbonyl (C=O) groups is 1. The van der Waals surface area contributed by atoms with Crippen molar-refractivity contribution in [3.63, 3.8) is 0 Å². The first-order valence-corrected chi connectivity index (χ1v) is 10.4. The summed E-state index contributed by atoms with van der Waals surface area (Å²) >= 11 is 0. The molecule has 2 aliphatic rings. The van der Waals surface area contributed by atoms with Gasteiger partial charge in [-0.3, -0.25) is 9.69 Å². The molecule has 1 heterocycles. The number of benzene rings is 2. The highest BCUT2D eigenvalue weighted by Gasteiger charge is 2.55. The molecule has 1 unspecified atom stereocenters. The first kappa shape index (κ1) is 19.2. The largest absolute Gasteiger partial charge is 0.354 e. The van der Waals surface area contributed by atoms with E-state index in [1.54, 1.807) is 0 Å². The van der Waals surface area contributed by atoms with Gasteiger partial charge in [-0.1, -0.05) is 54.6 Å². The van der Waals surface area contributed by atoms with Crippen LogP contribution in [0.25, 0.3) is 0 Å². The second-order valence-corrected chi connectivity index (χ2v) is 8.78. The number of hydrogen-bond acceptors (Lipinski definition) is 3. The van der Waals surface area contributed by atoms with Gasteiger partial charge in [0.15, 0.2) is 0 Å². The molecule has 1 amide bonds. The molecule has 28 heavy (non-hydrogen) atoms. The number of amides is 1. The molecule has 3 atom stereocenters. The Morgan fingerprint density at radius 3 is 2.64 bits per heavy atom. The van der Waals surface area contributed by atoms with Crippen LogP contribution in [0, 0.1) is 11.3 Å². The van der Waals surface area contributed by atoms with Crippen LogP contribution in [0.1, 0.15) is 43.0 Å². The van der Waals surface area contributed by atoms with Crippen LogP contribution in [0.5, 0.6) is 0 Å². The number of aryl methyl sites for hydroxylation is 1. The Bertz CT molecular complexity index is 835. The summed E-state index contributed by atoms with van der Waals surface area (Å²) in [6, 6.07) is 19.0. The molecule has 0 aromatic heterocycles. The maximum atomic E-state index is 13.2. The Hall–Kier alpha value is -2.17. The van der Waals surface area contributed by atoms with Crippen molar-refractivity contribution in [1.29, 1.82) is 0 Å². The van der Waals surface area contributed by atoms with Gasteiger partial charge >= 0.3 is 0 Å². The third-order valence-corrected chi connectivity index (χ3v) is 6.52. The van der Waals surface area contributed by atoms with Crippen molar-refractivity contribution in [1.82, 2.24) is 10.2 Å². The summed E-state index contributed by atoms with van der Waals surface area (Å²) < 4.78 is 0. The van der Waals surface area contributed by atoms with E-state index in [1.807, 2.05) is 19.9 Å². The third-order valence-electron chi connectivity index (χ3n) is 6.52. The normalized spacial score (nSPS) is 27.1. The average molecular weight is 378 g/mol. The Morgan fingerprint density at radius 1 is 1.18 bits per heavy atom. The van der Waals surface area contributed by atoms with E-state index in [0.29, 0.717) is 0 Å². The van der Waals surface area contributed by atoms with Crippen LogP contribution < -0.4 is 11.1 Å². The molecular formula is C24H31N3O. The van der Waals surface area contributed by atoms with E-state index in [1.165, 1.54) is 16.7 Å². The van der Waals surface area contributed by atoms with Gasteiger partial charge in [-0.25, -0.2) is 0 Å². The van der Waals surface area contributed by atoms with E-state index in [0.717, 1.165) is 32.5 Å². The standard InChI is InChI=1S/C24H31N3O/c1-17(2)26-23(28)21-15-27(14-18-8-4-3-5-9-18)16-24(21)13-12-19-10-6-7-11-20(19)22(24)25/h3-11,17,21-22H,12-16,25H2,1-2H3,(H,26,28)/t21-,22?,24+/m0/s1. The molecule has 2 aromatic carbocycles. The van der Waals surface area contributed by atoms with Crippen molar-refractivity contribution >= 4 is 5.91 Å². The summed E-state index contributed by atoms with van der Waals surface area (Å²) in [5, 5.41) is 3.16. The van der Waals surface area contributed by atoms with E-state index >= 15 is 0 Å². The molecule has 1 aliphatic carbocycles. The van der Waals surface area contributed by atoms with Crippen molar-refractivity contribution in [3.05, 3.63) is 71.3 Å². The summed E-state index contributed by atoms with van der Waals surface area (Å²) in [4.78, 5) is 15.6. The van der Waals surface area contributed by atoms with Crippen molar-refractivity contribution in [2.45, 2.75) is 45.3 Å². The van der Waals surface area contributed by atoms with Crippen LogP contribution in [-0.2, 0) is 17.8 Å². The molecule has 4 heteroatoms.